The molecule has 0 saturated heterocycles. The molecule has 0 saturated carbocycles. The van der Waals surface area contributed by atoms with Crippen molar-refractivity contribution in [3.05, 3.63) is 65.4 Å². The summed E-state index contributed by atoms with van der Waals surface area (Å²) >= 11 is 0. The van der Waals surface area contributed by atoms with Gasteiger partial charge in [0.2, 0.25) is 0 Å². The summed E-state index contributed by atoms with van der Waals surface area (Å²) in [6.07, 6.45) is 0. The molecule has 2 aromatic carbocycles. The molecular weight excluding hydrogens is 356 g/mol. The Bertz CT molecular complexity index is 949. The number of benzene rings is 2. The molecule has 1 N–H and O–H groups in total. The number of carbonyl (C=O) groups is 1. The zero-order chi connectivity index (χ0) is 20.1. The number of carbonyl (C=O) groups excluding carboxylic acids is 1. The van der Waals surface area contributed by atoms with Crippen LogP contribution in [0.2, 0.25) is 0 Å². The second-order valence-electron chi connectivity index (χ2n) is 6.80. The van der Waals surface area contributed by atoms with Crippen LogP contribution in [0.5, 0.6) is 5.75 Å². The first-order valence-corrected chi connectivity index (χ1v) is 9.13. The molecule has 6 nitrogen and oxygen atoms in total. The fourth-order valence-corrected chi connectivity index (χ4v) is 3.29. The Hall–Kier alpha value is -2.83. The first-order valence-electron chi connectivity index (χ1n) is 9.13. The molecule has 0 unspecified atom stereocenters. The van der Waals surface area contributed by atoms with Gasteiger partial charge >= 0.3 is 0 Å². The molecule has 1 heterocycles. The molecule has 0 aliphatic carbocycles. The minimum Gasteiger partial charge on any atom is -0.497 e. The maximum Gasteiger partial charge on any atom is 0.287 e. The predicted octanol–water partition coefficient (Wildman–Crippen LogP) is 3.62. The van der Waals surface area contributed by atoms with Crippen LogP contribution in [-0.2, 0) is 11.3 Å². The second-order valence-corrected chi connectivity index (χ2v) is 6.80. The molecule has 3 aromatic rings. The normalized spacial score (nSPS) is 12.3. The van der Waals surface area contributed by atoms with E-state index in [1.165, 1.54) is 0 Å². The summed E-state index contributed by atoms with van der Waals surface area (Å²) in [4.78, 5) is 14.9. The average molecular weight is 382 g/mol. The molecule has 0 fully saturated rings. The van der Waals surface area contributed by atoms with E-state index < -0.39 is 0 Å². The molecule has 0 aliphatic heterocycles. The molecule has 0 spiro atoms. The summed E-state index contributed by atoms with van der Waals surface area (Å²) in [5.74, 6) is 0.833. The van der Waals surface area contributed by atoms with Gasteiger partial charge in [-0.2, -0.15) is 0 Å². The number of furan rings is 1. The number of fused-ring (bicyclic) bond motifs is 1. The van der Waals surface area contributed by atoms with Crippen LogP contribution in [0.3, 0.4) is 0 Å². The Kier molecular flexibility index (Phi) is 6.34. The number of amides is 1. The summed E-state index contributed by atoms with van der Waals surface area (Å²) < 4.78 is 16.4. The van der Waals surface area contributed by atoms with Crippen molar-refractivity contribution in [2.24, 2.45) is 0 Å². The van der Waals surface area contributed by atoms with E-state index in [4.69, 9.17) is 13.9 Å². The number of rotatable bonds is 8. The van der Waals surface area contributed by atoms with Gasteiger partial charge in [0.05, 0.1) is 19.8 Å². The van der Waals surface area contributed by atoms with Gasteiger partial charge in [0.15, 0.2) is 5.76 Å². The number of hydrogen-bond donors (Lipinski definition) is 1. The van der Waals surface area contributed by atoms with Crippen LogP contribution in [0.1, 0.15) is 27.7 Å². The van der Waals surface area contributed by atoms with Crippen LogP contribution in [0.25, 0.3) is 11.0 Å². The molecule has 1 atom stereocenters. The third kappa shape index (κ3) is 4.18. The maximum atomic E-state index is 12.9. The topological polar surface area (TPSA) is 63.9 Å². The lowest BCUT2D eigenvalue weighted by atomic mass is 10.1. The zero-order valence-corrected chi connectivity index (χ0v) is 16.7. The van der Waals surface area contributed by atoms with Crippen molar-refractivity contribution < 1.29 is 18.7 Å². The molecule has 3 rings (SSSR count). The quantitative estimate of drug-likeness (QED) is 0.645. The van der Waals surface area contributed by atoms with E-state index in [0.717, 1.165) is 22.3 Å². The van der Waals surface area contributed by atoms with Crippen LogP contribution in [0, 0.1) is 0 Å². The number of nitrogens with one attached hydrogen (secondary N) is 1. The number of methoxy groups -OCH3 is 2. The van der Waals surface area contributed by atoms with Gasteiger partial charge in [-0.1, -0.05) is 30.3 Å². The molecular formula is C22H26N2O4. The van der Waals surface area contributed by atoms with Crippen molar-refractivity contribution in [2.45, 2.75) is 12.6 Å². The van der Waals surface area contributed by atoms with Gasteiger partial charge in [-0.05, 0) is 37.9 Å². The fraction of sp³-hybridized carbons (Fsp3) is 0.318. The van der Waals surface area contributed by atoms with Gasteiger partial charge < -0.3 is 24.1 Å². The van der Waals surface area contributed by atoms with Gasteiger partial charge in [0, 0.05) is 24.6 Å². The summed E-state index contributed by atoms with van der Waals surface area (Å²) in [6, 6.07) is 15.4. The average Bonchev–Trinajstić information content (AvgIpc) is 3.07. The van der Waals surface area contributed by atoms with E-state index in [0.29, 0.717) is 24.5 Å². The lowest BCUT2D eigenvalue weighted by molar-refractivity contribution is 0.0909. The van der Waals surface area contributed by atoms with E-state index in [1.54, 1.807) is 14.2 Å². The molecule has 6 heteroatoms. The molecule has 148 valence electrons. The molecule has 1 amide bonds. The van der Waals surface area contributed by atoms with E-state index in [1.807, 2.05) is 62.6 Å². The van der Waals surface area contributed by atoms with Crippen molar-refractivity contribution in [3.63, 3.8) is 0 Å². The zero-order valence-electron chi connectivity index (χ0n) is 16.7. The number of para-hydroxylation sites is 1. The number of hydrogen-bond acceptors (Lipinski definition) is 5. The molecule has 0 aliphatic rings. The van der Waals surface area contributed by atoms with Crippen LogP contribution < -0.4 is 10.1 Å². The third-order valence-electron chi connectivity index (χ3n) is 4.75. The predicted molar refractivity (Wildman–Crippen MR) is 109 cm³/mol. The highest BCUT2D eigenvalue weighted by Crippen LogP contribution is 2.27. The Morgan fingerprint density at radius 2 is 1.93 bits per heavy atom. The van der Waals surface area contributed by atoms with Crippen LogP contribution in [0.4, 0.5) is 0 Å². The molecule has 0 bridgehead atoms. The Morgan fingerprint density at radius 3 is 2.64 bits per heavy atom. The minimum absolute atomic E-state index is 0.00527. The van der Waals surface area contributed by atoms with Crippen molar-refractivity contribution in [3.8, 4) is 5.75 Å². The van der Waals surface area contributed by atoms with Crippen molar-refractivity contribution in [2.75, 3.05) is 34.9 Å². The van der Waals surface area contributed by atoms with Gasteiger partial charge in [-0.25, -0.2) is 0 Å². The SMILES string of the molecule is COCc1c(C(=O)NC[C@@H](c2cccc(OC)c2)N(C)C)oc2ccccc12. The summed E-state index contributed by atoms with van der Waals surface area (Å²) in [6.45, 7) is 0.745. The highest BCUT2D eigenvalue weighted by atomic mass is 16.5. The highest BCUT2D eigenvalue weighted by molar-refractivity contribution is 5.99. The van der Waals surface area contributed by atoms with Crippen molar-refractivity contribution in [1.29, 1.82) is 0 Å². The number of ether oxygens (including phenoxy) is 2. The van der Waals surface area contributed by atoms with E-state index in [-0.39, 0.29) is 11.9 Å². The summed E-state index contributed by atoms with van der Waals surface area (Å²) in [5, 5.41) is 3.90. The Labute approximate surface area is 165 Å². The lowest BCUT2D eigenvalue weighted by Crippen LogP contribution is -2.34. The molecule has 28 heavy (non-hydrogen) atoms. The van der Waals surface area contributed by atoms with Gasteiger partial charge in [0.1, 0.15) is 11.3 Å². The van der Waals surface area contributed by atoms with E-state index >= 15 is 0 Å². The highest BCUT2D eigenvalue weighted by Gasteiger charge is 2.22. The van der Waals surface area contributed by atoms with Crippen LogP contribution in [0.15, 0.2) is 52.9 Å². The van der Waals surface area contributed by atoms with Crippen molar-refractivity contribution in [1.82, 2.24) is 10.2 Å². The minimum atomic E-state index is -0.252. The van der Waals surface area contributed by atoms with Gasteiger partial charge in [0.25, 0.3) is 5.91 Å². The first kappa shape index (κ1) is 19.9. The van der Waals surface area contributed by atoms with E-state index in [2.05, 4.69) is 10.2 Å². The molecule has 0 radical (unpaired) electrons. The van der Waals surface area contributed by atoms with Gasteiger partial charge in [-0.3, -0.25) is 4.79 Å². The largest absolute Gasteiger partial charge is 0.497 e. The fourth-order valence-electron chi connectivity index (χ4n) is 3.29. The number of likely N-dealkylation sites (N-methyl/N-ethyl adjacent to an activating group) is 1. The van der Waals surface area contributed by atoms with Crippen LogP contribution >= 0.6 is 0 Å². The molecule has 1 aromatic heterocycles. The van der Waals surface area contributed by atoms with Gasteiger partial charge in [-0.15, -0.1) is 0 Å². The summed E-state index contributed by atoms with van der Waals surface area (Å²) in [5.41, 5.74) is 2.50. The van der Waals surface area contributed by atoms with E-state index in [9.17, 15) is 4.79 Å². The monoisotopic (exact) mass is 382 g/mol. The maximum absolute atomic E-state index is 12.9. The smallest absolute Gasteiger partial charge is 0.287 e. The first-order chi connectivity index (χ1) is 13.5. The third-order valence-corrected chi connectivity index (χ3v) is 4.75. The Balaban J connectivity index is 1.82. The lowest BCUT2D eigenvalue weighted by Gasteiger charge is -2.25. The van der Waals surface area contributed by atoms with Crippen molar-refractivity contribution >= 4 is 16.9 Å². The second kappa shape index (κ2) is 8.91. The standard InChI is InChI=1S/C22H26N2O4/c1-24(2)19(15-8-7-9-16(12-15)27-4)13-23-22(25)21-18(14-26-3)17-10-5-6-11-20(17)28-21/h5-12,19H,13-14H2,1-4H3,(H,23,25)/t19-/m0/s1. The van der Waals surface area contributed by atoms with Crippen LogP contribution in [-0.4, -0.2) is 45.7 Å². The Morgan fingerprint density at radius 1 is 1.14 bits per heavy atom. The number of nitrogens with zero attached hydrogens (tertiary/aromatic N) is 1. The summed E-state index contributed by atoms with van der Waals surface area (Å²) in [7, 11) is 7.21.